The first-order chi connectivity index (χ1) is 13.2. The normalized spacial score (nSPS) is 16.1. The monoisotopic (exact) mass is 396 g/mol. The van der Waals surface area contributed by atoms with E-state index < -0.39 is 24.0 Å². The molecule has 1 aliphatic heterocycles. The van der Waals surface area contributed by atoms with E-state index in [1.807, 2.05) is 24.3 Å². The maximum Gasteiger partial charge on any atom is 0.408 e. The van der Waals surface area contributed by atoms with Gasteiger partial charge in [0.15, 0.2) is 0 Å². The minimum atomic E-state index is -4.62. The molecule has 3 rings (SSSR count). The number of piperazine rings is 1. The van der Waals surface area contributed by atoms with E-state index in [9.17, 15) is 27.6 Å². The summed E-state index contributed by atoms with van der Waals surface area (Å²) in [5.41, 5.74) is 1.24. The van der Waals surface area contributed by atoms with Crippen molar-refractivity contribution in [1.29, 1.82) is 0 Å². The number of amides is 3. The zero-order chi connectivity index (χ0) is 20.5. The molecule has 1 fully saturated rings. The number of halogens is 3. The molecule has 1 saturated heterocycles. The minimum Gasteiger partial charge on any atom is -0.351 e. The quantitative estimate of drug-likeness (QED) is 0.755. The summed E-state index contributed by atoms with van der Waals surface area (Å²) in [4.78, 5) is 42.1. The standard InChI is InChI=1S/C18H19F3N4O3/c1-11(18(19,20)21)22-15(26)17(28)25-8-6-24(7-9-25)16(27)14-10-12-4-2-3-5-13(12)23-14/h2-5,10-11,23H,6-9H2,1H3,(H,22,26)/t11-/m0/s1. The van der Waals surface area contributed by atoms with E-state index in [0.29, 0.717) is 5.69 Å². The second-order valence-corrected chi connectivity index (χ2v) is 6.59. The van der Waals surface area contributed by atoms with Gasteiger partial charge in [-0.05, 0) is 19.1 Å². The summed E-state index contributed by atoms with van der Waals surface area (Å²) in [5, 5.41) is 2.55. The number of nitrogens with one attached hydrogen (secondary N) is 2. The Kier molecular flexibility index (Phi) is 5.30. The van der Waals surface area contributed by atoms with Gasteiger partial charge in [-0.15, -0.1) is 0 Å². The van der Waals surface area contributed by atoms with E-state index in [0.717, 1.165) is 22.7 Å². The fourth-order valence-electron chi connectivity index (χ4n) is 2.96. The van der Waals surface area contributed by atoms with E-state index in [1.54, 1.807) is 11.4 Å². The van der Waals surface area contributed by atoms with Gasteiger partial charge < -0.3 is 20.1 Å². The van der Waals surface area contributed by atoms with Crippen LogP contribution in [-0.2, 0) is 9.59 Å². The molecular formula is C18H19F3N4O3. The van der Waals surface area contributed by atoms with E-state index in [4.69, 9.17) is 0 Å². The van der Waals surface area contributed by atoms with Gasteiger partial charge >= 0.3 is 18.0 Å². The molecular weight excluding hydrogens is 377 g/mol. The number of H-pyrrole nitrogens is 1. The fourth-order valence-corrected chi connectivity index (χ4v) is 2.96. The third-order valence-corrected chi connectivity index (χ3v) is 4.65. The van der Waals surface area contributed by atoms with Crippen LogP contribution in [0.2, 0.25) is 0 Å². The SMILES string of the molecule is C[C@H](NC(=O)C(=O)N1CCN(C(=O)c2cc3ccccc3[nH]2)CC1)C(F)(F)F. The smallest absolute Gasteiger partial charge is 0.351 e. The molecule has 1 aromatic heterocycles. The van der Waals surface area contributed by atoms with Crippen LogP contribution in [0.15, 0.2) is 30.3 Å². The second kappa shape index (κ2) is 7.53. The molecule has 2 N–H and O–H groups in total. The van der Waals surface area contributed by atoms with E-state index in [2.05, 4.69) is 4.98 Å². The maximum atomic E-state index is 12.6. The van der Waals surface area contributed by atoms with E-state index >= 15 is 0 Å². The Labute approximate surface area is 158 Å². The molecule has 150 valence electrons. The Balaban J connectivity index is 1.57. The van der Waals surface area contributed by atoms with Crippen LogP contribution < -0.4 is 5.32 Å². The van der Waals surface area contributed by atoms with Crippen molar-refractivity contribution in [1.82, 2.24) is 20.1 Å². The van der Waals surface area contributed by atoms with Crippen LogP contribution in [0, 0.1) is 0 Å². The van der Waals surface area contributed by atoms with Crippen molar-refractivity contribution >= 4 is 28.6 Å². The highest BCUT2D eigenvalue weighted by atomic mass is 19.4. The molecule has 28 heavy (non-hydrogen) atoms. The molecule has 0 spiro atoms. The van der Waals surface area contributed by atoms with Crippen LogP contribution in [0.5, 0.6) is 0 Å². The number of alkyl halides is 3. The third-order valence-electron chi connectivity index (χ3n) is 4.65. The van der Waals surface area contributed by atoms with E-state index in [1.165, 1.54) is 4.90 Å². The summed E-state index contributed by atoms with van der Waals surface area (Å²) in [6.45, 7) is 1.27. The largest absolute Gasteiger partial charge is 0.408 e. The topological polar surface area (TPSA) is 85.5 Å². The van der Waals surface area contributed by atoms with Crippen molar-refractivity contribution in [2.24, 2.45) is 0 Å². The summed E-state index contributed by atoms with van der Waals surface area (Å²) in [5.74, 6) is -2.58. The summed E-state index contributed by atoms with van der Waals surface area (Å²) >= 11 is 0. The predicted octanol–water partition coefficient (Wildman–Crippen LogP) is 1.52. The van der Waals surface area contributed by atoms with Gasteiger partial charge in [-0.25, -0.2) is 0 Å². The number of fused-ring (bicyclic) bond motifs is 1. The van der Waals surface area contributed by atoms with Crippen LogP contribution in [-0.4, -0.2) is 70.9 Å². The average Bonchev–Trinajstić information content (AvgIpc) is 3.10. The molecule has 1 atom stereocenters. The molecule has 10 heteroatoms. The molecule has 2 heterocycles. The van der Waals surface area contributed by atoms with Gasteiger partial charge in [0, 0.05) is 37.1 Å². The number of aromatic nitrogens is 1. The van der Waals surface area contributed by atoms with Crippen LogP contribution in [0.25, 0.3) is 10.9 Å². The van der Waals surface area contributed by atoms with Gasteiger partial charge in [-0.2, -0.15) is 13.2 Å². The fraction of sp³-hybridized carbons (Fsp3) is 0.389. The number of carbonyl (C=O) groups is 3. The Bertz CT molecular complexity index is 868. The lowest BCUT2D eigenvalue weighted by Gasteiger charge is -2.34. The first kappa shape index (κ1) is 19.7. The average molecular weight is 396 g/mol. The van der Waals surface area contributed by atoms with Crippen molar-refractivity contribution in [3.8, 4) is 0 Å². The number of benzene rings is 1. The number of carbonyl (C=O) groups excluding carboxylic acids is 3. The van der Waals surface area contributed by atoms with Crippen molar-refractivity contribution in [2.45, 2.75) is 19.1 Å². The molecule has 7 nitrogen and oxygen atoms in total. The van der Waals surface area contributed by atoms with Crippen LogP contribution >= 0.6 is 0 Å². The predicted molar refractivity (Wildman–Crippen MR) is 94.4 cm³/mol. The van der Waals surface area contributed by atoms with Crippen molar-refractivity contribution < 1.29 is 27.6 Å². The molecule has 0 bridgehead atoms. The lowest BCUT2D eigenvalue weighted by atomic mass is 10.2. The van der Waals surface area contributed by atoms with Gasteiger partial charge in [0.05, 0.1) is 0 Å². The summed E-state index contributed by atoms with van der Waals surface area (Å²) in [6, 6.07) is 7.06. The lowest BCUT2D eigenvalue weighted by Crippen LogP contribution is -2.55. The highest BCUT2D eigenvalue weighted by molar-refractivity contribution is 6.35. The van der Waals surface area contributed by atoms with Gasteiger partial charge in [0.25, 0.3) is 5.91 Å². The molecule has 0 saturated carbocycles. The molecule has 0 aliphatic carbocycles. The Morgan fingerprint density at radius 3 is 2.29 bits per heavy atom. The Hall–Kier alpha value is -3.04. The molecule has 3 amide bonds. The number of para-hydroxylation sites is 1. The van der Waals surface area contributed by atoms with E-state index in [-0.39, 0.29) is 32.1 Å². The number of aromatic amines is 1. The van der Waals surface area contributed by atoms with Crippen molar-refractivity contribution in [3.63, 3.8) is 0 Å². The number of rotatable bonds is 2. The van der Waals surface area contributed by atoms with Gasteiger partial charge in [0.1, 0.15) is 11.7 Å². The molecule has 0 radical (unpaired) electrons. The first-order valence-electron chi connectivity index (χ1n) is 8.70. The molecule has 0 unspecified atom stereocenters. The van der Waals surface area contributed by atoms with Crippen LogP contribution in [0.1, 0.15) is 17.4 Å². The summed E-state index contributed by atoms with van der Waals surface area (Å²) in [7, 11) is 0. The summed E-state index contributed by atoms with van der Waals surface area (Å²) < 4.78 is 37.5. The molecule has 2 aromatic rings. The van der Waals surface area contributed by atoms with Gasteiger partial charge in [-0.1, -0.05) is 18.2 Å². The zero-order valence-corrected chi connectivity index (χ0v) is 15.0. The highest BCUT2D eigenvalue weighted by Crippen LogP contribution is 2.20. The Morgan fingerprint density at radius 2 is 1.68 bits per heavy atom. The highest BCUT2D eigenvalue weighted by Gasteiger charge is 2.39. The maximum absolute atomic E-state index is 12.6. The van der Waals surface area contributed by atoms with Crippen LogP contribution in [0.3, 0.4) is 0 Å². The molecule has 1 aliphatic rings. The van der Waals surface area contributed by atoms with Crippen molar-refractivity contribution in [3.05, 3.63) is 36.0 Å². The van der Waals surface area contributed by atoms with Gasteiger partial charge in [0.2, 0.25) is 0 Å². The zero-order valence-electron chi connectivity index (χ0n) is 15.0. The number of nitrogens with zero attached hydrogens (tertiary/aromatic N) is 2. The molecule has 1 aromatic carbocycles. The number of hydrogen-bond donors (Lipinski definition) is 2. The first-order valence-corrected chi connectivity index (χ1v) is 8.70. The van der Waals surface area contributed by atoms with Gasteiger partial charge in [-0.3, -0.25) is 14.4 Å². The van der Waals surface area contributed by atoms with Crippen molar-refractivity contribution in [2.75, 3.05) is 26.2 Å². The number of hydrogen-bond acceptors (Lipinski definition) is 3. The second-order valence-electron chi connectivity index (χ2n) is 6.59. The Morgan fingerprint density at radius 1 is 1.07 bits per heavy atom. The van der Waals surface area contributed by atoms with Crippen LogP contribution in [0.4, 0.5) is 13.2 Å². The third kappa shape index (κ3) is 4.10. The summed E-state index contributed by atoms with van der Waals surface area (Å²) in [6.07, 6.45) is -4.62. The minimum absolute atomic E-state index is 0.0681. The lowest BCUT2D eigenvalue weighted by molar-refractivity contribution is -0.162.